The second-order valence-electron chi connectivity index (χ2n) is 9.75. The van der Waals surface area contributed by atoms with E-state index < -0.39 is 11.7 Å². The van der Waals surface area contributed by atoms with Gasteiger partial charge in [-0.25, -0.2) is 0 Å². The monoisotopic (exact) mass is 469 g/mol. The minimum Gasteiger partial charge on any atom is -0.462 e. The Balaban J connectivity index is 1.39. The summed E-state index contributed by atoms with van der Waals surface area (Å²) in [6, 6.07) is 8.71. The topological polar surface area (TPSA) is 56.3 Å². The summed E-state index contributed by atoms with van der Waals surface area (Å²) in [4.78, 5) is 29.1. The molecule has 5 rings (SSSR count). The lowest BCUT2D eigenvalue weighted by Crippen LogP contribution is -2.44. The Morgan fingerprint density at radius 2 is 1.94 bits per heavy atom. The van der Waals surface area contributed by atoms with Gasteiger partial charge in [-0.3, -0.25) is 14.6 Å². The predicted molar refractivity (Wildman–Crippen MR) is 120 cm³/mol. The second-order valence-corrected chi connectivity index (χ2v) is 9.75. The van der Waals surface area contributed by atoms with E-state index in [1.54, 1.807) is 24.4 Å². The number of fused-ring (bicyclic) bond motifs is 2. The highest BCUT2D eigenvalue weighted by Crippen LogP contribution is 2.53. The van der Waals surface area contributed by atoms with Crippen LogP contribution in [-0.2, 0) is 20.5 Å². The Labute approximate surface area is 196 Å². The number of carbonyl (C=O) groups is 2. The molecule has 0 radical (unpaired) electrons. The third-order valence-electron chi connectivity index (χ3n) is 7.77. The Morgan fingerprint density at radius 3 is 2.68 bits per heavy atom. The SMILES string of the molecule is C[C@@H]1OC(=O)C2CC3CCC(=O)CC3[C@@H](/C=C/c3ccc(-c4cccc(C(F)(F)F)c4)cn3)C21. The third kappa shape index (κ3) is 4.28. The van der Waals surface area contributed by atoms with Gasteiger partial charge < -0.3 is 4.74 Å². The molecule has 178 valence electrons. The first-order valence-electron chi connectivity index (χ1n) is 11.7. The number of allylic oxidation sites excluding steroid dienone is 1. The number of carbonyl (C=O) groups excluding carboxylic acids is 2. The second kappa shape index (κ2) is 8.67. The van der Waals surface area contributed by atoms with E-state index in [2.05, 4.69) is 11.1 Å². The van der Waals surface area contributed by atoms with Crippen LogP contribution in [0.4, 0.5) is 13.2 Å². The number of nitrogens with zero attached hydrogens (tertiary/aromatic N) is 1. The predicted octanol–water partition coefficient (Wildman–Crippen LogP) is 5.96. The Morgan fingerprint density at radius 1 is 1.12 bits per heavy atom. The van der Waals surface area contributed by atoms with Crippen LogP contribution in [0.1, 0.15) is 43.9 Å². The van der Waals surface area contributed by atoms with E-state index in [9.17, 15) is 22.8 Å². The van der Waals surface area contributed by atoms with Crippen molar-refractivity contribution in [2.24, 2.45) is 29.6 Å². The van der Waals surface area contributed by atoms with Crippen molar-refractivity contribution >= 4 is 17.8 Å². The Kier molecular flexibility index (Phi) is 5.82. The van der Waals surface area contributed by atoms with Gasteiger partial charge >= 0.3 is 12.1 Å². The molecule has 2 aromatic rings. The highest BCUT2D eigenvalue weighted by molar-refractivity contribution is 5.80. The molecule has 34 heavy (non-hydrogen) atoms. The van der Waals surface area contributed by atoms with Crippen molar-refractivity contribution in [3.8, 4) is 11.1 Å². The summed E-state index contributed by atoms with van der Waals surface area (Å²) >= 11 is 0. The molecule has 0 amide bonds. The van der Waals surface area contributed by atoms with Gasteiger partial charge in [0.2, 0.25) is 0 Å². The number of ketones is 1. The fourth-order valence-electron chi connectivity index (χ4n) is 6.15. The smallest absolute Gasteiger partial charge is 0.416 e. The summed E-state index contributed by atoms with van der Waals surface area (Å²) in [5, 5.41) is 0. The Bertz CT molecular complexity index is 1120. The zero-order valence-corrected chi connectivity index (χ0v) is 18.8. The molecule has 0 N–H and O–H groups in total. The fraction of sp³-hybridized carbons (Fsp3) is 0.444. The van der Waals surface area contributed by atoms with Crippen molar-refractivity contribution in [1.29, 1.82) is 0 Å². The lowest BCUT2D eigenvalue weighted by molar-refractivity contribution is -0.144. The van der Waals surface area contributed by atoms with Crippen LogP contribution in [0.5, 0.6) is 0 Å². The first-order chi connectivity index (χ1) is 16.2. The van der Waals surface area contributed by atoms with Crippen LogP contribution in [0, 0.1) is 29.6 Å². The number of esters is 1. The van der Waals surface area contributed by atoms with E-state index in [0.29, 0.717) is 35.6 Å². The van der Waals surface area contributed by atoms with Gasteiger partial charge in [0.25, 0.3) is 0 Å². The number of rotatable bonds is 3. The molecule has 4 nitrogen and oxygen atoms in total. The van der Waals surface area contributed by atoms with Gasteiger partial charge in [-0.2, -0.15) is 13.2 Å². The number of hydrogen-bond donors (Lipinski definition) is 0. The number of pyridine rings is 1. The van der Waals surface area contributed by atoms with E-state index in [1.165, 1.54) is 6.07 Å². The number of halogens is 3. The molecule has 1 aromatic heterocycles. The largest absolute Gasteiger partial charge is 0.462 e. The molecule has 0 bridgehead atoms. The maximum absolute atomic E-state index is 13.0. The van der Waals surface area contributed by atoms with Crippen LogP contribution >= 0.6 is 0 Å². The molecule has 1 aromatic carbocycles. The maximum Gasteiger partial charge on any atom is 0.416 e. The number of alkyl halides is 3. The van der Waals surface area contributed by atoms with Crippen molar-refractivity contribution < 1.29 is 27.5 Å². The zero-order chi connectivity index (χ0) is 24.0. The molecular weight excluding hydrogens is 443 g/mol. The molecule has 3 aliphatic rings. The van der Waals surface area contributed by atoms with E-state index in [0.717, 1.165) is 25.0 Å². The van der Waals surface area contributed by atoms with E-state index in [1.807, 2.05) is 13.0 Å². The van der Waals surface area contributed by atoms with Crippen molar-refractivity contribution in [2.75, 3.05) is 0 Å². The number of Topliss-reactive ketones (excluding diaryl/α,β-unsaturated/α-hetero) is 1. The summed E-state index contributed by atoms with van der Waals surface area (Å²) in [5.74, 6) is 0.632. The molecule has 4 unspecified atom stereocenters. The average molecular weight is 470 g/mol. The molecular formula is C27H26F3NO3. The highest BCUT2D eigenvalue weighted by Gasteiger charge is 2.54. The molecule has 7 heteroatoms. The fourth-order valence-corrected chi connectivity index (χ4v) is 6.15. The minimum atomic E-state index is -4.40. The zero-order valence-electron chi connectivity index (χ0n) is 18.8. The number of hydrogen-bond acceptors (Lipinski definition) is 4. The van der Waals surface area contributed by atoms with Crippen LogP contribution in [0.25, 0.3) is 17.2 Å². The van der Waals surface area contributed by atoms with Gasteiger partial charge in [0.15, 0.2) is 0 Å². The minimum absolute atomic E-state index is 0.0411. The number of cyclic esters (lactones) is 1. The van der Waals surface area contributed by atoms with Gasteiger partial charge in [-0.05, 0) is 67.4 Å². The standard InChI is InChI=1S/C27H26F3NO3/c1-15-25-22(23-13-21(32)9-6-17(23)12-24(25)26(33)34-15)10-8-20-7-5-18(14-31-20)16-3-2-4-19(11-16)27(28,29)30/h2-5,7-8,10-11,14-15,17,22-25H,6,9,12-13H2,1H3/b10-8+/t15-,17?,22+,23?,24?,25?/m0/s1. The first-order valence-corrected chi connectivity index (χ1v) is 11.7. The van der Waals surface area contributed by atoms with Crippen LogP contribution in [0.15, 0.2) is 48.7 Å². The van der Waals surface area contributed by atoms with Crippen LogP contribution in [0.3, 0.4) is 0 Å². The lowest BCUT2D eigenvalue weighted by Gasteiger charge is -2.45. The normalized spacial score (nSPS) is 31.3. The van der Waals surface area contributed by atoms with Crippen molar-refractivity contribution in [3.05, 3.63) is 59.9 Å². The molecule has 2 saturated carbocycles. The van der Waals surface area contributed by atoms with Crippen LogP contribution in [-0.4, -0.2) is 22.8 Å². The molecule has 2 aliphatic carbocycles. The lowest BCUT2D eigenvalue weighted by atomic mass is 9.57. The van der Waals surface area contributed by atoms with E-state index in [4.69, 9.17) is 4.74 Å². The first kappa shape index (κ1) is 22.8. The number of benzene rings is 1. The van der Waals surface area contributed by atoms with Gasteiger partial charge in [0.1, 0.15) is 11.9 Å². The number of ether oxygens (including phenoxy) is 1. The summed E-state index contributed by atoms with van der Waals surface area (Å²) in [6.07, 6.45) is 3.67. The highest BCUT2D eigenvalue weighted by atomic mass is 19.4. The van der Waals surface area contributed by atoms with Gasteiger partial charge in [-0.1, -0.05) is 24.3 Å². The molecule has 0 spiro atoms. The summed E-state index contributed by atoms with van der Waals surface area (Å²) < 4.78 is 44.7. The summed E-state index contributed by atoms with van der Waals surface area (Å²) in [7, 11) is 0. The molecule has 3 fully saturated rings. The van der Waals surface area contributed by atoms with Crippen molar-refractivity contribution in [1.82, 2.24) is 4.98 Å². The van der Waals surface area contributed by atoms with Crippen molar-refractivity contribution in [3.63, 3.8) is 0 Å². The molecule has 1 aliphatic heterocycles. The quantitative estimate of drug-likeness (QED) is 0.520. The van der Waals surface area contributed by atoms with E-state index in [-0.39, 0.29) is 41.5 Å². The van der Waals surface area contributed by atoms with Gasteiger partial charge in [0.05, 0.1) is 17.2 Å². The van der Waals surface area contributed by atoms with Crippen LogP contribution in [0.2, 0.25) is 0 Å². The third-order valence-corrected chi connectivity index (χ3v) is 7.77. The average Bonchev–Trinajstić information content (AvgIpc) is 3.10. The molecule has 1 saturated heterocycles. The summed E-state index contributed by atoms with van der Waals surface area (Å²) in [6.45, 7) is 1.93. The number of aromatic nitrogens is 1. The molecule has 2 heterocycles. The summed E-state index contributed by atoms with van der Waals surface area (Å²) in [5.41, 5.74) is 1.03. The van der Waals surface area contributed by atoms with E-state index >= 15 is 0 Å². The molecule has 6 atom stereocenters. The van der Waals surface area contributed by atoms with Crippen LogP contribution < -0.4 is 0 Å². The van der Waals surface area contributed by atoms with Crippen molar-refractivity contribution in [2.45, 2.75) is 44.9 Å². The van der Waals surface area contributed by atoms with Gasteiger partial charge in [0, 0.05) is 30.5 Å². The van der Waals surface area contributed by atoms with Gasteiger partial charge in [-0.15, -0.1) is 0 Å². The Hall–Kier alpha value is -2.96. The maximum atomic E-state index is 13.0.